The van der Waals surface area contributed by atoms with Crippen LogP contribution in [-0.2, 0) is 12.0 Å². The Labute approximate surface area is 180 Å². The zero-order valence-corrected chi connectivity index (χ0v) is 17.0. The van der Waals surface area contributed by atoms with Gasteiger partial charge in [-0.25, -0.2) is 0 Å². The molecule has 0 bridgehead atoms. The van der Waals surface area contributed by atoms with Crippen molar-refractivity contribution in [3.05, 3.63) is 107 Å². The van der Waals surface area contributed by atoms with Crippen LogP contribution in [0, 0.1) is 0 Å². The van der Waals surface area contributed by atoms with Crippen LogP contribution in [0.15, 0.2) is 78.9 Å². The number of nitrogens with zero attached hydrogens (tertiary/aromatic N) is 1. The Kier molecular flexibility index (Phi) is 4.66. The van der Waals surface area contributed by atoms with Gasteiger partial charge in [0, 0.05) is 17.5 Å². The summed E-state index contributed by atoms with van der Waals surface area (Å²) in [6, 6.07) is 24.3. The van der Waals surface area contributed by atoms with Crippen LogP contribution in [0.1, 0.15) is 55.0 Å². The minimum Gasteiger partial charge on any atom is -0.351 e. The first kappa shape index (κ1) is 19.2. The van der Waals surface area contributed by atoms with Crippen LogP contribution in [0.25, 0.3) is 0 Å². The van der Waals surface area contributed by atoms with Gasteiger partial charge in [0.15, 0.2) is 0 Å². The van der Waals surface area contributed by atoms with Gasteiger partial charge >= 0.3 is 0 Å². The molecule has 154 valence electrons. The molecule has 5 heteroatoms. The highest BCUT2D eigenvalue weighted by Gasteiger charge is 2.44. The molecule has 0 spiro atoms. The van der Waals surface area contributed by atoms with Crippen molar-refractivity contribution in [2.75, 3.05) is 6.54 Å². The zero-order valence-electron chi connectivity index (χ0n) is 17.0. The highest BCUT2D eigenvalue weighted by atomic mass is 16.2. The van der Waals surface area contributed by atoms with Crippen molar-refractivity contribution in [3.63, 3.8) is 0 Å². The minimum atomic E-state index is -0.360. The Bertz CT molecular complexity index is 1170. The number of imide groups is 1. The van der Waals surface area contributed by atoms with E-state index < -0.39 is 0 Å². The van der Waals surface area contributed by atoms with E-state index in [0.29, 0.717) is 17.7 Å². The van der Waals surface area contributed by atoms with E-state index in [0.717, 1.165) is 18.4 Å². The number of fused-ring (bicyclic) bond motifs is 1. The second-order valence-corrected chi connectivity index (χ2v) is 8.27. The van der Waals surface area contributed by atoms with Crippen molar-refractivity contribution < 1.29 is 14.4 Å². The molecule has 1 fully saturated rings. The van der Waals surface area contributed by atoms with E-state index in [4.69, 9.17) is 0 Å². The summed E-state index contributed by atoms with van der Waals surface area (Å²) in [5.41, 5.74) is 3.15. The van der Waals surface area contributed by atoms with Crippen LogP contribution in [0.4, 0.5) is 0 Å². The molecule has 3 amide bonds. The standard InChI is InChI=1S/C26H22N2O3/c29-23(27-17-26(13-14-26)20-9-5-2-6-10-20)19-11-12-21-22(15-19)25(31)28(24(21)30)16-18-7-3-1-4-8-18/h1-12,15H,13-14,16-17H2,(H,27,29). The maximum atomic E-state index is 12.9. The normalized spacial score (nSPS) is 16.2. The van der Waals surface area contributed by atoms with Gasteiger partial charge in [-0.3, -0.25) is 19.3 Å². The Morgan fingerprint density at radius 2 is 1.48 bits per heavy atom. The molecule has 3 aromatic rings. The van der Waals surface area contributed by atoms with Crippen LogP contribution in [0.2, 0.25) is 0 Å². The Morgan fingerprint density at radius 3 is 2.16 bits per heavy atom. The summed E-state index contributed by atoms with van der Waals surface area (Å²) in [5.74, 6) is -0.912. The molecule has 1 aliphatic carbocycles. The molecule has 3 aromatic carbocycles. The molecule has 0 saturated heterocycles. The number of nitrogens with one attached hydrogen (secondary N) is 1. The molecular formula is C26H22N2O3. The Morgan fingerprint density at radius 1 is 0.839 bits per heavy atom. The summed E-state index contributed by atoms with van der Waals surface area (Å²) in [6.45, 7) is 0.772. The molecule has 5 nitrogen and oxygen atoms in total. The molecule has 0 aromatic heterocycles. The SMILES string of the molecule is O=C(NCC1(c2ccccc2)CC1)c1ccc2c(c1)C(=O)N(Cc1ccccc1)C2=O. The summed E-state index contributed by atoms with van der Waals surface area (Å²) < 4.78 is 0. The molecule has 1 saturated carbocycles. The lowest BCUT2D eigenvalue weighted by atomic mass is 9.96. The Hall–Kier alpha value is -3.73. The fourth-order valence-corrected chi connectivity index (χ4v) is 4.20. The summed E-state index contributed by atoms with van der Waals surface area (Å²) in [5, 5.41) is 3.02. The molecule has 0 radical (unpaired) electrons. The first-order valence-corrected chi connectivity index (χ1v) is 10.5. The largest absolute Gasteiger partial charge is 0.351 e. The number of amides is 3. The molecule has 1 aliphatic heterocycles. The fraction of sp³-hybridized carbons (Fsp3) is 0.192. The number of hydrogen-bond acceptors (Lipinski definition) is 3. The molecule has 0 unspecified atom stereocenters. The van der Waals surface area contributed by atoms with Gasteiger partial charge in [-0.05, 0) is 42.2 Å². The second-order valence-electron chi connectivity index (χ2n) is 8.27. The number of carbonyl (C=O) groups is 3. The zero-order chi connectivity index (χ0) is 21.4. The number of hydrogen-bond donors (Lipinski definition) is 1. The van der Waals surface area contributed by atoms with Gasteiger partial charge in [0.2, 0.25) is 0 Å². The predicted octanol–water partition coefficient (Wildman–Crippen LogP) is 3.94. The monoisotopic (exact) mass is 410 g/mol. The van der Waals surface area contributed by atoms with Crippen molar-refractivity contribution in [1.29, 1.82) is 0 Å². The van der Waals surface area contributed by atoms with Crippen molar-refractivity contribution >= 4 is 17.7 Å². The van der Waals surface area contributed by atoms with Crippen LogP contribution >= 0.6 is 0 Å². The smallest absolute Gasteiger partial charge is 0.261 e. The number of carbonyl (C=O) groups excluding carboxylic acids is 3. The van der Waals surface area contributed by atoms with E-state index in [2.05, 4.69) is 17.4 Å². The first-order chi connectivity index (χ1) is 15.1. The van der Waals surface area contributed by atoms with Crippen molar-refractivity contribution in [2.45, 2.75) is 24.8 Å². The molecule has 31 heavy (non-hydrogen) atoms. The van der Waals surface area contributed by atoms with Crippen LogP contribution < -0.4 is 5.32 Å². The molecule has 1 heterocycles. The number of benzene rings is 3. The van der Waals surface area contributed by atoms with Gasteiger partial charge in [0.1, 0.15) is 0 Å². The third-order valence-corrected chi connectivity index (χ3v) is 6.24. The van der Waals surface area contributed by atoms with Crippen LogP contribution in [0.3, 0.4) is 0 Å². The molecule has 2 aliphatic rings. The maximum Gasteiger partial charge on any atom is 0.261 e. The lowest BCUT2D eigenvalue weighted by molar-refractivity contribution is 0.0642. The third-order valence-electron chi connectivity index (χ3n) is 6.24. The lowest BCUT2D eigenvalue weighted by Gasteiger charge is -2.16. The first-order valence-electron chi connectivity index (χ1n) is 10.5. The summed E-state index contributed by atoms with van der Waals surface area (Å²) >= 11 is 0. The van der Waals surface area contributed by atoms with E-state index in [1.54, 1.807) is 12.1 Å². The fourth-order valence-electron chi connectivity index (χ4n) is 4.20. The third kappa shape index (κ3) is 3.52. The van der Waals surface area contributed by atoms with Crippen LogP contribution in [0.5, 0.6) is 0 Å². The van der Waals surface area contributed by atoms with Gasteiger partial charge in [-0.2, -0.15) is 0 Å². The van der Waals surface area contributed by atoms with E-state index in [9.17, 15) is 14.4 Å². The average molecular weight is 410 g/mol. The summed E-state index contributed by atoms with van der Waals surface area (Å²) in [6.07, 6.45) is 2.09. The van der Waals surface area contributed by atoms with Gasteiger partial charge in [0.05, 0.1) is 17.7 Å². The second kappa shape index (κ2) is 7.51. The lowest BCUT2D eigenvalue weighted by Crippen LogP contribution is -2.32. The van der Waals surface area contributed by atoms with E-state index >= 15 is 0 Å². The average Bonchev–Trinajstić information content (AvgIpc) is 3.58. The van der Waals surface area contributed by atoms with Gasteiger partial charge in [0.25, 0.3) is 17.7 Å². The predicted molar refractivity (Wildman–Crippen MR) is 117 cm³/mol. The topological polar surface area (TPSA) is 66.5 Å². The molecular weight excluding hydrogens is 388 g/mol. The van der Waals surface area contributed by atoms with E-state index in [1.165, 1.54) is 16.5 Å². The summed E-state index contributed by atoms with van der Waals surface area (Å²) in [4.78, 5) is 39.6. The van der Waals surface area contributed by atoms with E-state index in [-0.39, 0.29) is 35.2 Å². The molecule has 5 rings (SSSR count). The van der Waals surface area contributed by atoms with Gasteiger partial charge in [-0.1, -0.05) is 60.7 Å². The van der Waals surface area contributed by atoms with Crippen molar-refractivity contribution in [2.24, 2.45) is 0 Å². The summed E-state index contributed by atoms with van der Waals surface area (Å²) in [7, 11) is 0. The highest BCUT2D eigenvalue weighted by molar-refractivity contribution is 6.22. The van der Waals surface area contributed by atoms with Crippen molar-refractivity contribution in [3.8, 4) is 0 Å². The molecule has 1 N–H and O–H groups in total. The van der Waals surface area contributed by atoms with E-state index in [1.807, 2.05) is 48.5 Å². The Balaban J connectivity index is 1.30. The van der Waals surface area contributed by atoms with Crippen LogP contribution in [-0.4, -0.2) is 29.2 Å². The highest BCUT2D eigenvalue weighted by Crippen LogP contribution is 2.47. The minimum absolute atomic E-state index is 0.00587. The van der Waals surface area contributed by atoms with Gasteiger partial charge < -0.3 is 5.32 Å². The quantitative estimate of drug-likeness (QED) is 0.626. The molecule has 0 atom stereocenters. The van der Waals surface area contributed by atoms with Crippen molar-refractivity contribution in [1.82, 2.24) is 10.2 Å². The number of rotatable bonds is 6. The van der Waals surface area contributed by atoms with Gasteiger partial charge in [-0.15, -0.1) is 0 Å². The maximum absolute atomic E-state index is 12.9.